The first kappa shape index (κ1) is 19.3. The molecule has 2 saturated heterocycles. The number of carbonyl (C=O) groups excluding carboxylic acids is 3. The van der Waals surface area contributed by atoms with E-state index in [1.807, 2.05) is 24.3 Å². The number of nitrogens with one attached hydrogen (secondary N) is 1. The Morgan fingerprint density at radius 1 is 1.22 bits per heavy atom. The van der Waals surface area contributed by atoms with Crippen molar-refractivity contribution in [3.8, 4) is 0 Å². The van der Waals surface area contributed by atoms with E-state index in [0.717, 1.165) is 18.8 Å². The monoisotopic (exact) mass is 389 g/mol. The van der Waals surface area contributed by atoms with Gasteiger partial charge in [-0.1, -0.05) is 11.8 Å². The SMILES string of the molecule is CCOC(=O)/C=C1\SCC(=O)N1CC(=O)Nc1ccc(N2CCCC2)cc1. The van der Waals surface area contributed by atoms with Crippen LogP contribution in [0.25, 0.3) is 0 Å². The molecule has 2 aliphatic rings. The average Bonchev–Trinajstić information content (AvgIpc) is 3.28. The largest absolute Gasteiger partial charge is 0.463 e. The van der Waals surface area contributed by atoms with Crippen LogP contribution in [0.5, 0.6) is 0 Å². The highest BCUT2D eigenvalue weighted by atomic mass is 32.2. The maximum atomic E-state index is 12.3. The smallest absolute Gasteiger partial charge is 0.333 e. The standard InChI is InChI=1S/C19H23N3O4S/c1-2-26-19(25)11-18-22(17(24)13-27-18)12-16(23)20-14-5-7-15(8-6-14)21-9-3-4-10-21/h5-8,11H,2-4,9-10,12-13H2,1H3,(H,20,23)/b18-11-. The first-order chi connectivity index (χ1) is 13.1. The summed E-state index contributed by atoms with van der Waals surface area (Å²) >= 11 is 1.23. The minimum absolute atomic E-state index is 0.134. The zero-order valence-electron chi connectivity index (χ0n) is 15.3. The lowest BCUT2D eigenvalue weighted by Crippen LogP contribution is -2.34. The molecule has 0 bridgehead atoms. The molecular weight excluding hydrogens is 366 g/mol. The number of thioether (sulfide) groups is 1. The zero-order chi connectivity index (χ0) is 19.2. The van der Waals surface area contributed by atoms with Gasteiger partial charge in [0, 0.05) is 24.5 Å². The molecule has 27 heavy (non-hydrogen) atoms. The third-order valence-corrected chi connectivity index (χ3v) is 5.39. The summed E-state index contributed by atoms with van der Waals surface area (Å²) in [4.78, 5) is 39.6. The van der Waals surface area contributed by atoms with Crippen molar-refractivity contribution in [3.05, 3.63) is 35.4 Å². The van der Waals surface area contributed by atoms with Crippen LogP contribution in [-0.4, -0.2) is 54.7 Å². The third-order valence-electron chi connectivity index (χ3n) is 4.36. The van der Waals surface area contributed by atoms with Crippen LogP contribution in [0.3, 0.4) is 0 Å². The normalized spacial score (nSPS) is 18.3. The summed E-state index contributed by atoms with van der Waals surface area (Å²) in [5.74, 6) is -0.814. The van der Waals surface area contributed by atoms with Gasteiger partial charge in [-0.05, 0) is 44.0 Å². The topological polar surface area (TPSA) is 79.0 Å². The number of ether oxygens (including phenoxy) is 1. The van der Waals surface area contributed by atoms with Gasteiger partial charge >= 0.3 is 5.97 Å². The number of amides is 2. The molecule has 2 aliphatic heterocycles. The third kappa shape index (κ3) is 5.03. The summed E-state index contributed by atoms with van der Waals surface area (Å²) in [5.41, 5.74) is 1.83. The van der Waals surface area contributed by atoms with Gasteiger partial charge < -0.3 is 15.0 Å². The maximum Gasteiger partial charge on any atom is 0.333 e. The van der Waals surface area contributed by atoms with Crippen molar-refractivity contribution in [1.29, 1.82) is 0 Å². The molecule has 0 unspecified atom stereocenters. The van der Waals surface area contributed by atoms with Gasteiger partial charge in [-0.2, -0.15) is 0 Å². The van der Waals surface area contributed by atoms with Crippen LogP contribution < -0.4 is 10.2 Å². The van der Waals surface area contributed by atoms with Crippen LogP contribution in [-0.2, 0) is 19.1 Å². The van der Waals surface area contributed by atoms with E-state index >= 15 is 0 Å². The summed E-state index contributed by atoms with van der Waals surface area (Å²) < 4.78 is 4.87. The number of nitrogens with zero attached hydrogens (tertiary/aromatic N) is 2. The number of esters is 1. The Morgan fingerprint density at radius 3 is 2.59 bits per heavy atom. The van der Waals surface area contributed by atoms with Crippen LogP contribution in [0.1, 0.15) is 19.8 Å². The lowest BCUT2D eigenvalue weighted by Gasteiger charge is -2.19. The van der Waals surface area contributed by atoms with Gasteiger partial charge in [0.15, 0.2) is 0 Å². The summed E-state index contributed by atoms with van der Waals surface area (Å²) in [6, 6.07) is 7.71. The fraction of sp³-hybridized carbons (Fsp3) is 0.421. The van der Waals surface area contributed by atoms with Gasteiger partial charge in [0.25, 0.3) is 0 Å². The molecule has 7 nitrogen and oxygen atoms in total. The van der Waals surface area contributed by atoms with E-state index in [-0.39, 0.29) is 30.7 Å². The predicted octanol–water partition coefficient (Wildman–Crippen LogP) is 2.21. The molecule has 0 atom stereocenters. The lowest BCUT2D eigenvalue weighted by atomic mass is 10.2. The maximum absolute atomic E-state index is 12.3. The van der Waals surface area contributed by atoms with Gasteiger partial charge in [-0.3, -0.25) is 14.5 Å². The van der Waals surface area contributed by atoms with Gasteiger partial charge in [0.05, 0.1) is 23.5 Å². The van der Waals surface area contributed by atoms with E-state index < -0.39 is 5.97 Å². The highest BCUT2D eigenvalue weighted by Gasteiger charge is 2.29. The molecule has 0 aromatic heterocycles. The van der Waals surface area contributed by atoms with Crippen LogP contribution >= 0.6 is 11.8 Å². The molecule has 2 amide bonds. The van der Waals surface area contributed by atoms with Crippen molar-refractivity contribution >= 4 is 40.9 Å². The van der Waals surface area contributed by atoms with Crippen molar-refractivity contribution in [2.75, 3.05) is 42.2 Å². The molecule has 0 aliphatic carbocycles. The van der Waals surface area contributed by atoms with E-state index in [1.165, 1.54) is 35.6 Å². The highest BCUT2D eigenvalue weighted by molar-refractivity contribution is 8.04. The van der Waals surface area contributed by atoms with E-state index in [4.69, 9.17) is 4.74 Å². The predicted molar refractivity (Wildman–Crippen MR) is 105 cm³/mol. The highest BCUT2D eigenvalue weighted by Crippen LogP contribution is 2.28. The van der Waals surface area contributed by atoms with Crippen LogP contribution in [0, 0.1) is 0 Å². The number of rotatable bonds is 6. The number of carbonyl (C=O) groups is 3. The second-order valence-electron chi connectivity index (χ2n) is 6.29. The Bertz CT molecular complexity index is 742. The van der Waals surface area contributed by atoms with E-state index in [0.29, 0.717) is 10.7 Å². The molecule has 0 radical (unpaired) electrons. The average molecular weight is 389 g/mol. The van der Waals surface area contributed by atoms with Crippen molar-refractivity contribution in [2.45, 2.75) is 19.8 Å². The van der Waals surface area contributed by atoms with Crippen LogP contribution in [0.2, 0.25) is 0 Å². The molecule has 1 aromatic rings. The van der Waals surface area contributed by atoms with Crippen LogP contribution in [0.15, 0.2) is 35.4 Å². The molecule has 2 heterocycles. The van der Waals surface area contributed by atoms with Gasteiger partial charge in [-0.25, -0.2) is 4.79 Å². The van der Waals surface area contributed by atoms with Gasteiger partial charge in [-0.15, -0.1) is 0 Å². The summed E-state index contributed by atoms with van der Waals surface area (Å²) in [6.45, 7) is 3.97. The molecular formula is C19H23N3O4S. The Kier molecular flexibility index (Phi) is 6.39. The second-order valence-corrected chi connectivity index (χ2v) is 7.29. The Hall–Kier alpha value is -2.48. The number of hydrogen-bond acceptors (Lipinski definition) is 6. The van der Waals surface area contributed by atoms with E-state index in [2.05, 4.69) is 10.2 Å². The van der Waals surface area contributed by atoms with Gasteiger partial charge in [0.2, 0.25) is 11.8 Å². The molecule has 1 N–H and O–H groups in total. The number of hydrogen-bond donors (Lipinski definition) is 1. The molecule has 0 saturated carbocycles. The fourth-order valence-electron chi connectivity index (χ4n) is 3.06. The van der Waals surface area contributed by atoms with E-state index in [9.17, 15) is 14.4 Å². The minimum atomic E-state index is -0.516. The minimum Gasteiger partial charge on any atom is -0.463 e. The van der Waals surface area contributed by atoms with Crippen molar-refractivity contribution in [3.63, 3.8) is 0 Å². The van der Waals surface area contributed by atoms with Crippen molar-refractivity contribution in [2.24, 2.45) is 0 Å². The Labute approximate surface area is 162 Å². The lowest BCUT2D eigenvalue weighted by molar-refractivity contribution is -0.137. The fourth-order valence-corrected chi connectivity index (χ4v) is 3.99. The first-order valence-electron chi connectivity index (χ1n) is 9.03. The Balaban J connectivity index is 1.59. The molecule has 0 spiro atoms. The molecule has 3 rings (SSSR count). The number of benzene rings is 1. The van der Waals surface area contributed by atoms with E-state index in [1.54, 1.807) is 6.92 Å². The number of anilines is 2. The van der Waals surface area contributed by atoms with Crippen LogP contribution in [0.4, 0.5) is 11.4 Å². The summed E-state index contributed by atoms with van der Waals surface area (Å²) in [6.07, 6.45) is 3.68. The first-order valence-corrected chi connectivity index (χ1v) is 10.0. The van der Waals surface area contributed by atoms with Crippen molar-refractivity contribution in [1.82, 2.24) is 4.90 Å². The molecule has 1 aromatic carbocycles. The summed E-state index contributed by atoms with van der Waals surface area (Å²) in [5, 5.41) is 3.24. The molecule has 2 fully saturated rings. The molecule has 144 valence electrons. The second kappa shape index (κ2) is 8.94. The Morgan fingerprint density at radius 2 is 1.93 bits per heavy atom. The summed E-state index contributed by atoms with van der Waals surface area (Å²) in [7, 11) is 0. The zero-order valence-corrected chi connectivity index (χ0v) is 16.1. The van der Waals surface area contributed by atoms with Gasteiger partial charge in [0.1, 0.15) is 6.54 Å². The molecule has 8 heteroatoms. The quantitative estimate of drug-likeness (QED) is 0.594. The van der Waals surface area contributed by atoms with Crippen molar-refractivity contribution < 1.29 is 19.1 Å².